The van der Waals surface area contributed by atoms with Crippen molar-refractivity contribution in [2.75, 3.05) is 16.8 Å². The highest BCUT2D eigenvalue weighted by molar-refractivity contribution is 8.19. The summed E-state index contributed by atoms with van der Waals surface area (Å²) in [5.74, 6) is -0.232. The third-order valence-electron chi connectivity index (χ3n) is 2.87. The number of aliphatic hydroxyl groups excluding tert-OH is 1. The summed E-state index contributed by atoms with van der Waals surface area (Å²) < 4.78 is 5.21. The van der Waals surface area contributed by atoms with E-state index in [1.54, 1.807) is 47.0 Å². The predicted molar refractivity (Wildman–Crippen MR) is 81.5 cm³/mol. The molecule has 7 heteroatoms. The maximum atomic E-state index is 12.2. The Bertz CT molecular complexity index is 509. The van der Waals surface area contributed by atoms with Crippen molar-refractivity contribution in [2.24, 2.45) is 0 Å². The molecule has 0 aromatic heterocycles. The Hall–Kier alpha value is 0.0500. The minimum Gasteiger partial charge on any atom is -0.462 e. The number of carbonyl (C=O) groups is 1. The molecule has 0 aliphatic carbocycles. The molecule has 0 radical (unpaired) electrons. The van der Waals surface area contributed by atoms with Crippen LogP contribution in [0, 0.1) is 0 Å². The van der Waals surface area contributed by atoms with Gasteiger partial charge in [-0.1, -0.05) is 0 Å². The van der Waals surface area contributed by atoms with Crippen LogP contribution < -0.4 is 0 Å². The van der Waals surface area contributed by atoms with Crippen LogP contribution in [0.1, 0.15) is 22.8 Å². The van der Waals surface area contributed by atoms with Crippen molar-refractivity contribution >= 4 is 53.0 Å². The number of carbonyl (C=O) groups excluding carboxylic acids is 1. The second-order valence-corrected chi connectivity index (χ2v) is 8.53. The van der Waals surface area contributed by atoms with Crippen LogP contribution in [0.15, 0.2) is 19.6 Å². The third-order valence-corrected chi connectivity index (χ3v) is 7.88. The van der Waals surface area contributed by atoms with Crippen molar-refractivity contribution in [1.82, 2.24) is 0 Å². The van der Waals surface area contributed by atoms with Gasteiger partial charge in [0.15, 0.2) is 0 Å². The molecule has 19 heavy (non-hydrogen) atoms. The summed E-state index contributed by atoms with van der Waals surface area (Å²) >= 11 is 6.76. The van der Waals surface area contributed by atoms with E-state index in [1.165, 1.54) is 0 Å². The van der Waals surface area contributed by atoms with Gasteiger partial charge in [0.05, 0.1) is 18.8 Å². The molecule has 2 heterocycles. The van der Waals surface area contributed by atoms with E-state index in [-0.39, 0.29) is 12.6 Å². The van der Waals surface area contributed by atoms with E-state index in [2.05, 4.69) is 0 Å². The monoisotopic (exact) mass is 332 g/mol. The Morgan fingerprint density at radius 2 is 1.63 bits per heavy atom. The number of esters is 1. The number of hydrogen-bond acceptors (Lipinski definition) is 7. The molecular weight excluding hydrogens is 320 g/mol. The summed E-state index contributed by atoms with van der Waals surface area (Å²) in [7, 11) is 0. The molecule has 0 spiro atoms. The zero-order chi connectivity index (χ0) is 13.4. The minimum absolute atomic E-state index is 0.0366. The van der Waals surface area contributed by atoms with Gasteiger partial charge in [-0.15, -0.1) is 47.0 Å². The standard InChI is InChI=1S/C12H12O3S4/c1-2-15-12(14)7-10-8(16-4-18-10)6(3-13)9-11(7)19-5-17-9/h13H,2-5H2,1H3. The zero-order valence-electron chi connectivity index (χ0n) is 10.2. The summed E-state index contributed by atoms with van der Waals surface area (Å²) in [5, 5.41) is 11.4. The molecule has 1 N–H and O–H groups in total. The second-order valence-electron chi connectivity index (χ2n) is 3.86. The van der Waals surface area contributed by atoms with Crippen LogP contribution >= 0.6 is 47.0 Å². The van der Waals surface area contributed by atoms with E-state index in [4.69, 9.17) is 4.74 Å². The first kappa shape index (κ1) is 14.0. The minimum atomic E-state index is -0.232. The van der Waals surface area contributed by atoms with E-state index in [0.29, 0.717) is 12.2 Å². The molecule has 0 amide bonds. The van der Waals surface area contributed by atoms with E-state index in [0.717, 1.165) is 35.3 Å². The van der Waals surface area contributed by atoms with E-state index in [9.17, 15) is 9.90 Å². The number of benzene rings is 1. The highest BCUT2D eigenvalue weighted by Crippen LogP contribution is 2.56. The highest BCUT2D eigenvalue weighted by atomic mass is 32.2. The lowest BCUT2D eigenvalue weighted by Gasteiger charge is -2.15. The maximum Gasteiger partial charge on any atom is 0.340 e. The van der Waals surface area contributed by atoms with Gasteiger partial charge in [-0.2, -0.15) is 0 Å². The van der Waals surface area contributed by atoms with Crippen LogP contribution in [0.4, 0.5) is 0 Å². The molecule has 2 aliphatic rings. The molecule has 0 unspecified atom stereocenters. The van der Waals surface area contributed by atoms with Gasteiger partial charge >= 0.3 is 5.97 Å². The zero-order valence-corrected chi connectivity index (χ0v) is 13.5. The SMILES string of the molecule is CCOC(=O)c1c2c(c(CO)c3c1SCS3)SCS2. The molecule has 0 bridgehead atoms. The summed E-state index contributed by atoms with van der Waals surface area (Å²) in [4.78, 5) is 16.4. The first-order valence-electron chi connectivity index (χ1n) is 5.80. The van der Waals surface area contributed by atoms with Gasteiger partial charge in [-0.3, -0.25) is 0 Å². The number of aliphatic hydroxyl groups is 1. The molecule has 1 aromatic carbocycles. The fourth-order valence-electron chi connectivity index (χ4n) is 2.12. The molecule has 102 valence electrons. The average molecular weight is 332 g/mol. The molecular formula is C12H12O3S4. The van der Waals surface area contributed by atoms with Crippen LogP contribution in [0.2, 0.25) is 0 Å². The molecule has 1 aromatic rings. The van der Waals surface area contributed by atoms with Crippen molar-refractivity contribution in [1.29, 1.82) is 0 Å². The molecule has 0 fully saturated rings. The van der Waals surface area contributed by atoms with Crippen molar-refractivity contribution in [3.8, 4) is 0 Å². The van der Waals surface area contributed by atoms with Crippen LogP contribution in [0.5, 0.6) is 0 Å². The molecule has 3 nitrogen and oxygen atoms in total. The number of thioether (sulfide) groups is 4. The van der Waals surface area contributed by atoms with Crippen LogP contribution in [0.3, 0.4) is 0 Å². The van der Waals surface area contributed by atoms with Crippen molar-refractivity contribution in [3.63, 3.8) is 0 Å². The largest absolute Gasteiger partial charge is 0.462 e. The normalized spacial score (nSPS) is 16.3. The lowest BCUT2D eigenvalue weighted by atomic mass is 10.1. The predicted octanol–water partition coefficient (Wildman–Crippen LogP) is 3.67. The van der Waals surface area contributed by atoms with Gasteiger partial charge in [0.2, 0.25) is 0 Å². The lowest BCUT2D eigenvalue weighted by molar-refractivity contribution is 0.0516. The van der Waals surface area contributed by atoms with Crippen LogP contribution in [0.25, 0.3) is 0 Å². The van der Waals surface area contributed by atoms with Gasteiger partial charge in [0, 0.05) is 35.3 Å². The Labute approximate surface area is 128 Å². The molecule has 0 atom stereocenters. The molecule has 3 rings (SSSR count). The van der Waals surface area contributed by atoms with Gasteiger partial charge < -0.3 is 9.84 Å². The van der Waals surface area contributed by atoms with Crippen LogP contribution in [-0.2, 0) is 11.3 Å². The van der Waals surface area contributed by atoms with Gasteiger partial charge in [0.25, 0.3) is 0 Å². The quantitative estimate of drug-likeness (QED) is 0.847. The van der Waals surface area contributed by atoms with Gasteiger partial charge in [0.1, 0.15) is 0 Å². The Morgan fingerprint density at radius 3 is 2.11 bits per heavy atom. The van der Waals surface area contributed by atoms with Crippen molar-refractivity contribution in [3.05, 3.63) is 11.1 Å². The van der Waals surface area contributed by atoms with Crippen molar-refractivity contribution < 1.29 is 14.6 Å². The van der Waals surface area contributed by atoms with Crippen molar-refractivity contribution in [2.45, 2.75) is 33.1 Å². The Morgan fingerprint density at radius 1 is 1.11 bits per heavy atom. The van der Waals surface area contributed by atoms with Gasteiger partial charge in [-0.05, 0) is 6.92 Å². The first-order chi connectivity index (χ1) is 9.27. The topological polar surface area (TPSA) is 46.5 Å². The lowest BCUT2D eigenvalue weighted by Crippen LogP contribution is -2.09. The summed E-state index contributed by atoms with van der Waals surface area (Å²) in [5.41, 5.74) is 1.71. The summed E-state index contributed by atoms with van der Waals surface area (Å²) in [6, 6.07) is 0. The first-order valence-corrected chi connectivity index (χ1v) is 9.74. The summed E-state index contributed by atoms with van der Waals surface area (Å²) in [6.45, 7) is 2.25. The molecule has 0 saturated carbocycles. The maximum absolute atomic E-state index is 12.2. The van der Waals surface area contributed by atoms with E-state index in [1.807, 2.05) is 6.92 Å². The molecule has 2 aliphatic heterocycles. The fraction of sp³-hybridized carbons (Fsp3) is 0.417. The second kappa shape index (κ2) is 5.81. The summed E-state index contributed by atoms with van der Waals surface area (Å²) in [6.07, 6.45) is 0. The van der Waals surface area contributed by atoms with Crippen LogP contribution in [-0.4, -0.2) is 27.9 Å². The van der Waals surface area contributed by atoms with E-state index >= 15 is 0 Å². The average Bonchev–Trinajstić information content (AvgIpc) is 3.03. The van der Waals surface area contributed by atoms with E-state index < -0.39 is 0 Å². The number of hydrogen-bond donors (Lipinski definition) is 1. The fourth-order valence-corrected chi connectivity index (χ4v) is 7.62. The third kappa shape index (κ3) is 2.29. The highest BCUT2D eigenvalue weighted by Gasteiger charge is 2.33. The number of fused-ring (bicyclic) bond motifs is 2. The Balaban J connectivity index is 2.22. The van der Waals surface area contributed by atoms with Gasteiger partial charge in [-0.25, -0.2) is 4.79 Å². The Kier molecular flexibility index (Phi) is 4.28. The smallest absolute Gasteiger partial charge is 0.340 e. The number of ether oxygens (including phenoxy) is 1. The number of rotatable bonds is 3. The molecule has 0 saturated heterocycles.